The summed E-state index contributed by atoms with van der Waals surface area (Å²) in [6.45, 7) is 4.96. The molecule has 0 unspecified atom stereocenters. The van der Waals surface area contributed by atoms with Gasteiger partial charge >= 0.3 is 0 Å². The van der Waals surface area contributed by atoms with Gasteiger partial charge in [-0.15, -0.1) is 21.5 Å². The quantitative estimate of drug-likeness (QED) is 0.374. The van der Waals surface area contributed by atoms with Crippen LogP contribution in [0.1, 0.15) is 29.6 Å². The summed E-state index contributed by atoms with van der Waals surface area (Å²) in [6.07, 6.45) is 1.06. The number of rotatable bonds is 7. The highest BCUT2D eigenvalue weighted by molar-refractivity contribution is 7.98. The Balaban J connectivity index is 1.44. The molecule has 0 aliphatic heterocycles. The third kappa shape index (κ3) is 4.34. The lowest BCUT2D eigenvalue weighted by atomic mass is 10.1. The minimum Gasteiger partial charge on any atom is -0.302 e. The van der Waals surface area contributed by atoms with Gasteiger partial charge in [-0.25, -0.2) is 4.98 Å². The Hall–Kier alpha value is -2.44. The molecule has 2 aromatic carbocycles. The minimum absolute atomic E-state index is 0.786. The van der Waals surface area contributed by atoms with Gasteiger partial charge in [-0.05, 0) is 24.5 Å². The first kappa shape index (κ1) is 18.9. The second-order valence-electron chi connectivity index (χ2n) is 6.58. The van der Waals surface area contributed by atoms with Gasteiger partial charge in [0.05, 0.1) is 12.2 Å². The van der Waals surface area contributed by atoms with Crippen molar-refractivity contribution in [3.63, 3.8) is 0 Å². The Morgan fingerprint density at radius 1 is 0.964 bits per heavy atom. The highest BCUT2D eigenvalue weighted by Gasteiger charge is 2.12. The molecule has 0 aliphatic carbocycles. The van der Waals surface area contributed by atoms with Crippen molar-refractivity contribution in [2.75, 3.05) is 0 Å². The average Bonchev–Trinajstić information content (AvgIpc) is 3.35. The zero-order chi connectivity index (χ0) is 19.3. The number of nitrogens with zero attached hydrogens (tertiary/aromatic N) is 4. The second kappa shape index (κ2) is 8.71. The van der Waals surface area contributed by atoms with E-state index < -0.39 is 0 Å². The fourth-order valence-corrected chi connectivity index (χ4v) is 4.75. The smallest absolute Gasteiger partial charge is 0.191 e. The number of aryl methyl sites for hydroxylation is 2. The van der Waals surface area contributed by atoms with E-state index in [2.05, 4.69) is 75.6 Å². The normalized spacial score (nSPS) is 11.1. The Labute approximate surface area is 173 Å². The molecule has 28 heavy (non-hydrogen) atoms. The maximum Gasteiger partial charge on any atom is 0.191 e. The number of thioether (sulfide) groups is 1. The van der Waals surface area contributed by atoms with Crippen LogP contribution in [0.4, 0.5) is 0 Å². The molecular weight excluding hydrogens is 384 g/mol. The van der Waals surface area contributed by atoms with Gasteiger partial charge in [0.1, 0.15) is 10.8 Å². The molecule has 4 aromatic rings. The van der Waals surface area contributed by atoms with Crippen LogP contribution in [0.2, 0.25) is 0 Å². The number of thiazole rings is 1. The van der Waals surface area contributed by atoms with E-state index in [0.717, 1.165) is 40.4 Å². The van der Waals surface area contributed by atoms with E-state index in [9.17, 15) is 0 Å². The lowest BCUT2D eigenvalue weighted by Crippen LogP contribution is -2.03. The zero-order valence-corrected chi connectivity index (χ0v) is 17.6. The van der Waals surface area contributed by atoms with E-state index >= 15 is 0 Å². The molecule has 0 saturated carbocycles. The largest absolute Gasteiger partial charge is 0.302 e. The second-order valence-corrected chi connectivity index (χ2v) is 8.39. The van der Waals surface area contributed by atoms with Gasteiger partial charge in [0.25, 0.3) is 0 Å². The number of benzene rings is 2. The SMILES string of the molecule is CCc1ccc(-c2nc(CSc3nnc(C)n3Cc3ccccc3)cs2)cc1. The lowest BCUT2D eigenvalue weighted by Gasteiger charge is -2.08. The number of aromatic nitrogens is 4. The standard InChI is InChI=1S/C22H22N4S2/c1-3-17-9-11-19(12-10-17)21-23-20(14-27-21)15-28-22-25-24-16(2)26(22)13-18-7-5-4-6-8-18/h4-12,14H,3,13,15H2,1-2H3. The molecule has 0 N–H and O–H groups in total. The van der Waals surface area contributed by atoms with Crippen LogP contribution in [0.25, 0.3) is 10.6 Å². The topological polar surface area (TPSA) is 43.6 Å². The highest BCUT2D eigenvalue weighted by atomic mass is 32.2. The molecule has 0 radical (unpaired) electrons. The van der Waals surface area contributed by atoms with E-state index in [4.69, 9.17) is 4.98 Å². The first-order chi connectivity index (χ1) is 13.7. The first-order valence-electron chi connectivity index (χ1n) is 9.33. The van der Waals surface area contributed by atoms with Crippen LogP contribution in [-0.2, 0) is 18.7 Å². The Morgan fingerprint density at radius 3 is 2.50 bits per heavy atom. The van der Waals surface area contributed by atoms with Crippen LogP contribution in [-0.4, -0.2) is 19.7 Å². The zero-order valence-electron chi connectivity index (χ0n) is 16.0. The molecule has 6 heteroatoms. The van der Waals surface area contributed by atoms with E-state index in [1.807, 2.05) is 13.0 Å². The predicted molar refractivity (Wildman–Crippen MR) is 117 cm³/mol. The molecule has 4 nitrogen and oxygen atoms in total. The number of hydrogen-bond acceptors (Lipinski definition) is 5. The maximum atomic E-state index is 4.81. The molecule has 0 amide bonds. The average molecular weight is 407 g/mol. The van der Waals surface area contributed by atoms with E-state index in [1.165, 1.54) is 16.7 Å². The van der Waals surface area contributed by atoms with Crippen molar-refractivity contribution in [1.82, 2.24) is 19.7 Å². The van der Waals surface area contributed by atoms with Crippen LogP contribution in [0.15, 0.2) is 65.1 Å². The third-order valence-electron chi connectivity index (χ3n) is 4.60. The van der Waals surface area contributed by atoms with Gasteiger partial charge in [-0.2, -0.15) is 0 Å². The Bertz CT molecular complexity index is 1040. The summed E-state index contributed by atoms with van der Waals surface area (Å²) >= 11 is 3.38. The molecule has 0 spiro atoms. The summed E-state index contributed by atoms with van der Waals surface area (Å²) in [4.78, 5) is 4.81. The number of hydrogen-bond donors (Lipinski definition) is 0. The van der Waals surface area contributed by atoms with Crippen molar-refractivity contribution < 1.29 is 0 Å². The van der Waals surface area contributed by atoms with Gasteiger partial charge in [-0.1, -0.05) is 73.3 Å². The molecular formula is C22H22N4S2. The van der Waals surface area contributed by atoms with Crippen LogP contribution in [0, 0.1) is 6.92 Å². The maximum absolute atomic E-state index is 4.81. The molecule has 0 fully saturated rings. The van der Waals surface area contributed by atoms with Crippen LogP contribution in [0.3, 0.4) is 0 Å². The fourth-order valence-electron chi connectivity index (χ4n) is 2.94. The predicted octanol–water partition coefficient (Wildman–Crippen LogP) is 5.61. The van der Waals surface area contributed by atoms with Crippen LogP contribution in [0.5, 0.6) is 0 Å². The Morgan fingerprint density at radius 2 is 1.75 bits per heavy atom. The molecule has 2 heterocycles. The van der Waals surface area contributed by atoms with Crippen LogP contribution < -0.4 is 0 Å². The monoisotopic (exact) mass is 406 g/mol. The van der Waals surface area contributed by atoms with Crippen molar-refractivity contribution >= 4 is 23.1 Å². The minimum atomic E-state index is 0.786. The van der Waals surface area contributed by atoms with E-state index in [0.29, 0.717) is 0 Å². The lowest BCUT2D eigenvalue weighted by molar-refractivity contribution is 0.688. The summed E-state index contributed by atoms with van der Waals surface area (Å²) in [5.41, 5.74) is 4.86. The molecule has 0 saturated heterocycles. The molecule has 142 valence electrons. The van der Waals surface area contributed by atoms with Crippen molar-refractivity contribution in [1.29, 1.82) is 0 Å². The fraction of sp³-hybridized carbons (Fsp3) is 0.227. The van der Waals surface area contributed by atoms with Gasteiger partial charge < -0.3 is 4.57 Å². The van der Waals surface area contributed by atoms with Gasteiger partial charge in [-0.3, -0.25) is 0 Å². The van der Waals surface area contributed by atoms with Crippen molar-refractivity contribution in [2.24, 2.45) is 0 Å². The van der Waals surface area contributed by atoms with Crippen molar-refractivity contribution in [3.05, 3.63) is 82.6 Å². The Kier molecular flexibility index (Phi) is 5.88. The summed E-state index contributed by atoms with van der Waals surface area (Å²) in [6, 6.07) is 19.1. The summed E-state index contributed by atoms with van der Waals surface area (Å²) in [5.74, 6) is 1.72. The van der Waals surface area contributed by atoms with Gasteiger partial charge in [0.15, 0.2) is 5.16 Å². The molecule has 2 aromatic heterocycles. The molecule has 4 rings (SSSR count). The highest BCUT2D eigenvalue weighted by Crippen LogP contribution is 2.28. The molecule has 0 bridgehead atoms. The van der Waals surface area contributed by atoms with E-state index in [-0.39, 0.29) is 0 Å². The summed E-state index contributed by atoms with van der Waals surface area (Å²) in [5, 5.41) is 12.8. The van der Waals surface area contributed by atoms with Gasteiger partial charge in [0, 0.05) is 16.7 Å². The van der Waals surface area contributed by atoms with Crippen LogP contribution >= 0.6 is 23.1 Å². The molecule has 0 aliphatic rings. The molecule has 0 atom stereocenters. The summed E-state index contributed by atoms with van der Waals surface area (Å²) in [7, 11) is 0. The van der Waals surface area contributed by atoms with Crippen molar-refractivity contribution in [3.8, 4) is 10.6 Å². The first-order valence-corrected chi connectivity index (χ1v) is 11.2. The van der Waals surface area contributed by atoms with E-state index in [1.54, 1.807) is 23.1 Å². The van der Waals surface area contributed by atoms with Gasteiger partial charge in [0.2, 0.25) is 0 Å². The summed E-state index contributed by atoms with van der Waals surface area (Å²) < 4.78 is 2.16. The van der Waals surface area contributed by atoms with Crippen molar-refractivity contribution in [2.45, 2.75) is 37.7 Å². The third-order valence-corrected chi connectivity index (χ3v) is 6.54.